The fourth-order valence-electron chi connectivity index (χ4n) is 1.93. The Morgan fingerprint density at radius 2 is 1.79 bits per heavy atom. The number of aromatic carboxylic acids is 1. The first-order valence-electron chi connectivity index (χ1n) is 6.55. The zero-order chi connectivity index (χ0) is 17.9. The molecule has 1 amide bonds. The fraction of sp³-hybridized carbons (Fsp3) is 0.0667. The first-order chi connectivity index (χ1) is 11.3. The van der Waals surface area contributed by atoms with Crippen LogP contribution in [0.1, 0.15) is 26.3 Å². The Kier molecular flexibility index (Phi) is 4.64. The van der Waals surface area contributed by atoms with Crippen molar-refractivity contribution >= 4 is 23.7 Å². The van der Waals surface area contributed by atoms with E-state index in [0.29, 0.717) is 0 Å². The average Bonchev–Trinajstić information content (AvgIpc) is 2.50. The summed E-state index contributed by atoms with van der Waals surface area (Å²) in [6, 6.07) is 4.49. The van der Waals surface area contributed by atoms with Crippen molar-refractivity contribution in [2.45, 2.75) is 6.42 Å². The molecule has 0 fully saturated rings. The largest absolute Gasteiger partial charge is 0.508 e. The number of nitrogens with zero attached hydrogens (tertiary/aromatic N) is 1. The van der Waals surface area contributed by atoms with Gasteiger partial charge in [-0.05, 0) is 24.3 Å². The number of carbonyl (C=O) groups is 3. The molecule has 0 aliphatic carbocycles. The number of amides is 1. The molecule has 1 heterocycles. The average molecular weight is 332 g/mol. The third-order valence-electron chi connectivity index (χ3n) is 3.01. The number of hydrogen-bond acceptors (Lipinski definition) is 6. The number of hydrogen-bond donors (Lipinski definition) is 5. The highest BCUT2D eigenvalue weighted by atomic mass is 16.4. The molecule has 1 aromatic carbocycles. The molecule has 5 N–H and O–H groups in total. The highest BCUT2D eigenvalue weighted by Gasteiger charge is 2.18. The monoisotopic (exact) mass is 332 g/mol. The lowest BCUT2D eigenvalue weighted by Crippen LogP contribution is -2.14. The molecule has 0 saturated carbocycles. The van der Waals surface area contributed by atoms with Gasteiger partial charge >= 0.3 is 11.9 Å². The van der Waals surface area contributed by atoms with Crippen molar-refractivity contribution in [3.63, 3.8) is 0 Å². The number of aromatic hydroxyl groups is 2. The van der Waals surface area contributed by atoms with Crippen LogP contribution < -0.4 is 5.32 Å². The maximum atomic E-state index is 12.2. The fourth-order valence-corrected chi connectivity index (χ4v) is 1.93. The van der Waals surface area contributed by atoms with Crippen molar-refractivity contribution in [3.05, 3.63) is 47.2 Å². The van der Waals surface area contributed by atoms with Gasteiger partial charge in [-0.25, -0.2) is 9.78 Å². The summed E-state index contributed by atoms with van der Waals surface area (Å²) in [4.78, 5) is 37.4. The Balaban J connectivity index is 2.27. The van der Waals surface area contributed by atoms with Crippen molar-refractivity contribution in [1.82, 2.24) is 4.98 Å². The first kappa shape index (κ1) is 16.7. The highest BCUT2D eigenvalue weighted by Crippen LogP contribution is 2.29. The lowest BCUT2D eigenvalue weighted by molar-refractivity contribution is -0.136. The zero-order valence-corrected chi connectivity index (χ0v) is 12.1. The Bertz CT molecular complexity index is 815. The van der Waals surface area contributed by atoms with Crippen molar-refractivity contribution in [3.8, 4) is 11.5 Å². The molecule has 0 aliphatic rings. The van der Waals surface area contributed by atoms with E-state index in [-0.39, 0.29) is 28.3 Å². The summed E-state index contributed by atoms with van der Waals surface area (Å²) in [6.45, 7) is 0. The molecular formula is C15H12N2O7. The molecule has 2 aromatic rings. The summed E-state index contributed by atoms with van der Waals surface area (Å²) in [5.41, 5.74) is -0.533. The second kappa shape index (κ2) is 6.65. The van der Waals surface area contributed by atoms with E-state index in [4.69, 9.17) is 10.2 Å². The van der Waals surface area contributed by atoms with Gasteiger partial charge < -0.3 is 25.7 Å². The maximum absolute atomic E-state index is 12.2. The van der Waals surface area contributed by atoms with Crippen LogP contribution in [0.2, 0.25) is 0 Å². The molecular weight excluding hydrogens is 320 g/mol. The van der Waals surface area contributed by atoms with E-state index in [2.05, 4.69) is 10.3 Å². The van der Waals surface area contributed by atoms with Crippen molar-refractivity contribution < 1.29 is 34.8 Å². The Morgan fingerprint density at radius 3 is 2.33 bits per heavy atom. The van der Waals surface area contributed by atoms with Crippen LogP contribution in [0.3, 0.4) is 0 Å². The molecule has 124 valence electrons. The minimum atomic E-state index is -1.24. The molecule has 9 heteroatoms. The van der Waals surface area contributed by atoms with Crippen molar-refractivity contribution in [2.75, 3.05) is 5.32 Å². The minimum absolute atomic E-state index is 0.0209. The summed E-state index contributed by atoms with van der Waals surface area (Å²) in [5.74, 6) is -4.20. The molecule has 0 spiro atoms. The number of benzene rings is 1. The molecule has 9 nitrogen and oxygen atoms in total. The number of carboxylic acids is 2. The normalized spacial score (nSPS) is 10.2. The van der Waals surface area contributed by atoms with E-state index in [0.717, 1.165) is 18.3 Å². The number of rotatable bonds is 5. The Hall–Kier alpha value is -3.62. The van der Waals surface area contributed by atoms with Crippen LogP contribution in [0.25, 0.3) is 0 Å². The van der Waals surface area contributed by atoms with Crippen LogP contribution in [0, 0.1) is 0 Å². The number of carbonyl (C=O) groups excluding carboxylic acids is 1. The predicted molar refractivity (Wildman–Crippen MR) is 80.3 cm³/mol. The molecule has 0 saturated heterocycles. The summed E-state index contributed by atoms with van der Waals surface area (Å²) in [5, 5.41) is 39.4. The lowest BCUT2D eigenvalue weighted by atomic mass is 10.0. The molecule has 2 rings (SSSR count). The number of nitrogens with one attached hydrogen (secondary N) is 1. The van der Waals surface area contributed by atoms with Gasteiger partial charge in [-0.15, -0.1) is 0 Å². The number of aromatic nitrogens is 1. The molecule has 0 bridgehead atoms. The van der Waals surface area contributed by atoms with Gasteiger partial charge in [0.1, 0.15) is 17.3 Å². The minimum Gasteiger partial charge on any atom is -0.508 e. The zero-order valence-electron chi connectivity index (χ0n) is 12.1. The van der Waals surface area contributed by atoms with Crippen LogP contribution in [0.4, 0.5) is 5.82 Å². The molecule has 0 aliphatic heterocycles. The second-order valence-electron chi connectivity index (χ2n) is 4.76. The number of carboxylic acid groups (broad SMARTS) is 2. The topological polar surface area (TPSA) is 157 Å². The van der Waals surface area contributed by atoms with Gasteiger partial charge in [0, 0.05) is 11.8 Å². The van der Waals surface area contributed by atoms with E-state index < -0.39 is 30.0 Å². The van der Waals surface area contributed by atoms with E-state index in [1.54, 1.807) is 0 Å². The predicted octanol–water partition coefficient (Wildman–Crippen LogP) is 1.07. The van der Waals surface area contributed by atoms with Gasteiger partial charge in [0.05, 0.1) is 17.5 Å². The third kappa shape index (κ3) is 3.77. The highest BCUT2D eigenvalue weighted by molar-refractivity contribution is 6.06. The van der Waals surface area contributed by atoms with Gasteiger partial charge in [0.25, 0.3) is 5.91 Å². The number of anilines is 1. The summed E-state index contributed by atoms with van der Waals surface area (Å²) in [7, 11) is 0. The second-order valence-corrected chi connectivity index (χ2v) is 4.76. The van der Waals surface area contributed by atoms with Crippen molar-refractivity contribution in [1.29, 1.82) is 0 Å². The summed E-state index contributed by atoms with van der Waals surface area (Å²) >= 11 is 0. The molecule has 0 unspecified atom stereocenters. The van der Waals surface area contributed by atoms with Gasteiger partial charge in [-0.3, -0.25) is 9.59 Å². The summed E-state index contributed by atoms with van der Waals surface area (Å²) in [6.07, 6.45) is 0.461. The lowest BCUT2D eigenvalue weighted by Gasteiger charge is -2.10. The van der Waals surface area contributed by atoms with E-state index in [1.165, 1.54) is 12.1 Å². The quantitative estimate of drug-likeness (QED) is 0.509. The van der Waals surface area contributed by atoms with Crippen LogP contribution in [-0.4, -0.2) is 43.3 Å². The van der Waals surface area contributed by atoms with Crippen LogP contribution in [-0.2, 0) is 11.2 Å². The smallest absolute Gasteiger partial charge is 0.337 e. The molecule has 1 aromatic heterocycles. The summed E-state index contributed by atoms with van der Waals surface area (Å²) < 4.78 is 0. The standard InChI is InChI=1S/C15H12N2O7/c18-9-3-8(4-12(19)20)13(21)10(5-9)14(22)17-11-2-1-7(6-16-11)15(23)24/h1-3,5-6,18,21H,4H2,(H,19,20)(H,23,24)(H,16,17,22). The number of phenolic OH excluding ortho intramolecular Hbond substituents is 2. The number of phenols is 2. The Labute approximate surface area is 134 Å². The van der Waals surface area contributed by atoms with E-state index in [1.807, 2.05) is 0 Å². The van der Waals surface area contributed by atoms with Gasteiger partial charge in [0.2, 0.25) is 0 Å². The van der Waals surface area contributed by atoms with Crippen LogP contribution in [0.15, 0.2) is 30.5 Å². The van der Waals surface area contributed by atoms with Crippen LogP contribution in [0.5, 0.6) is 11.5 Å². The maximum Gasteiger partial charge on any atom is 0.337 e. The van der Waals surface area contributed by atoms with Crippen molar-refractivity contribution in [2.24, 2.45) is 0 Å². The first-order valence-corrected chi connectivity index (χ1v) is 6.55. The third-order valence-corrected chi connectivity index (χ3v) is 3.01. The number of aliphatic carboxylic acids is 1. The molecule has 0 atom stereocenters. The van der Waals surface area contributed by atoms with Crippen LogP contribution >= 0.6 is 0 Å². The van der Waals surface area contributed by atoms with Gasteiger partial charge in [-0.2, -0.15) is 0 Å². The van der Waals surface area contributed by atoms with E-state index in [9.17, 15) is 24.6 Å². The molecule has 24 heavy (non-hydrogen) atoms. The van der Waals surface area contributed by atoms with Gasteiger partial charge in [0.15, 0.2) is 0 Å². The Morgan fingerprint density at radius 1 is 1.08 bits per heavy atom. The molecule has 0 radical (unpaired) electrons. The number of pyridine rings is 1. The van der Waals surface area contributed by atoms with Gasteiger partial charge in [-0.1, -0.05) is 0 Å². The SMILES string of the molecule is O=C(O)Cc1cc(O)cc(C(=O)Nc2ccc(C(=O)O)cn2)c1O. The van der Waals surface area contributed by atoms with E-state index >= 15 is 0 Å².